The summed E-state index contributed by atoms with van der Waals surface area (Å²) in [5.74, 6) is 1.14. The number of fused-ring (bicyclic) bond motifs is 1. The van der Waals surface area contributed by atoms with Gasteiger partial charge in [-0.15, -0.1) is 0 Å². The number of methoxy groups -OCH3 is 1. The van der Waals surface area contributed by atoms with Crippen molar-refractivity contribution in [3.63, 3.8) is 0 Å². The van der Waals surface area contributed by atoms with E-state index in [1.54, 1.807) is 7.11 Å². The van der Waals surface area contributed by atoms with Crippen molar-refractivity contribution in [3.8, 4) is 17.0 Å². The van der Waals surface area contributed by atoms with Crippen molar-refractivity contribution in [3.05, 3.63) is 54.1 Å². The van der Waals surface area contributed by atoms with Crippen molar-refractivity contribution >= 4 is 16.8 Å². The van der Waals surface area contributed by atoms with Gasteiger partial charge in [0.2, 0.25) is 5.91 Å². The minimum absolute atomic E-state index is 0.290. The highest BCUT2D eigenvalue weighted by Gasteiger charge is 2.18. The van der Waals surface area contributed by atoms with Crippen LogP contribution in [0.25, 0.3) is 22.2 Å². The summed E-state index contributed by atoms with van der Waals surface area (Å²) in [7, 11) is 1.68. The van der Waals surface area contributed by atoms with Crippen LogP contribution in [0.1, 0.15) is 44.1 Å². The summed E-state index contributed by atoms with van der Waals surface area (Å²) in [6.07, 6.45) is 7.38. The fourth-order valence-electron chi connectivity index (χ4n) is 4.35. The summed E-state index contributed by atoms with van der Waals surface area (Å²) in [6, 6.07) is 16.5. The van der Waals surface area contributed by atoms with E-state index in [0.29, 0.717) is 6.42 Å². The second-order valence-corrected chi connectivity index (χ2v) is 7.90. The number of carbonyl (C=O) groups excluding carboxylic acids is 1. The SMILES string of the molecule is COc1ccc(-c2[nH]c3ccccc3c2CCC(=O)N2CCCCCCC2)cc1. The third kappa shape index (κ3) is 4.47. The minimum Gasteiger partial charge on any atom is -0.497 e. The number of hydrogen-bond donors (Lipinski definition) is 1. The van der Waals surface area contributed by atoms with Crippen molar-refractivity contribution in [2.45, 2.75) is 44.9 Å². The van der Waals surface area contributed by atoms with E-state index in [1.807, 2.05) is 18.2 Å². The molecule has 152 valence electrons. The molecule has 0 bridgehead atoms. The van der Waals surface area contributed by atoms with E-state index in [2.05, 4.69) is 40.2 Å². The van der Waals surface area contributed by atoms with Crippen LogP contribution in [-0.4, -0.2) is 36.0 Å². The fraction of sp³-hybridized carbons (Fsp3) is 0.400. The summed E-state index contributed by atoms with van der Waals surface area (Å²) >= 11 is 0. The van der Waals surface area contributed by atoms with Crippen LogP contribution in [0.3, 0.4) is 0 Å². The maximum absolute atomic E-state index is 12.9. The van der Waals surface area contributed by atoms with Crippen LogP contribution in [0.2, 0.25) is 0 Å². The quantitative estimate of drug-likeness (QED) is 0.619. The first-order valence-corrected chi connectivity index (χ1v) is 10.8. The first-order chi connectivity index (χ1) is 14.3. The maximum Gasteiger partial charge on any atom is 0.222 e. The molecule has 0 radical (unpaired) electrons. The highest BCUT2D eigenvalue weighted by Crippen LogP contribution is 2.32. The molecule has 1 aromatic heterocycles. The van der Waals surface area contributed by atoms with Crippen molar-refractivity contribution in [2.75, 3.05) is 20.2 Å². The Morgan fingerprint density at radius 3 is 2.38 bits per heavy atom. The number of aromatic nitrogens is 1. The largest absolute Gasteiger partial charge is 0.497 e. The number of hydrogen-bond acceptors (Lipinski definition) is 2. The van der Waals surface area contributed by atoms with Gasteiger partial charge in [-0.25, -0.2) is 0 Å². The minimum atomic E-state index is 0.290. The fourth-order valence-corrected chi connectivity index (χ4v) is 4.35. The first kappa shape index (κ1) is 19.6. The van der Waals surface area contributed by atoms with Gasteiger partial charge in [0, 0.05) is 36.1 Å². The van der Waals surface area contributed by atoms with E-state index in [-0.39, 0.29) is 5.91 Å². The molecule has 0 aliphatic carbocycles. The van der Waals surface area contributed by atoms with Gasteiger partial charge in [0.1, 0.15) is 5.75 Å². The van der Waals surface area contributed by atoms with Gasteiger partial charge in [0.25, 0.3) is 0 Å². The van der Waals surface area contributed by atoms with Crippen molar-refractivity contribution < 1.29 is 9.53 Å². The number of carbonyl (C=O) groups is 1. The Morgan fingerprint density at radius 2 is 1.66 bits per heavy atom. The highest BCUT2D eigenvalue weighted by atomic mass is 16.5. The van der Waals surface area contributed by atoms with Gasteiger partial charge in [-0.05, 0) is 60.7 Å². The lowest BCUT2D eigenvalue weighted by molar-refractivity contribution is -0.131. The second kappa shape index (κ2) is 9.17. The predicted molar refractivity (Wildman–Crippen MR) is 118 cm³/mol. The molecule has 0 atom stereocenters. The molecule has 4 rings (SSSR count). The van der Waals surface area contributed by atoms with Crippen molar-refractivity contribution in [1.29, 1.82) is 0 Å². The Bertz CT molecular complexity index is 951. The summed E-state index contributed by atoms with van der Waals surface area (Å²) in [6.45, 7) is 1.83. The molecule has 1 N–H and O–H groups in total. The van der Waals surface area contributed by atoms with E-state index >= 15 is 0 Å². The maximum atomic E-state index is 12.9. The van der Waals surface area contributed by atoms with Crippen LogP contribution in [0, 0.1) is 0 Å². The van der Waals surface area contributed by atoms with Gasteiger partial charge < -0.3 is 14.6 Å². The van der Waals surface area contributed by atoms with E-state index in [9.17, 15) is 4.79 Å². The Labute approximate surface area is 172 Å². The summed E-state index contributed by atoms with van der Waals surface area (Å²) in [4.78, 5) is 18.6. The molecule has 1 fully saturated rings. The summed E-state index contributed by atoms with van der Waals surface area (Å²) in [5, 5.41) is 1.21. The number of benzene rings is 2. The zero-order valence-electron chi connectivity index (χ0n) is 17.2. The normalized spacial score (nSPS) is 15.1. The second-order valence-electron chi connectivity index (χ2n) is 7.90. The molecule has 0 unspecified atom stereocenters. The van der Waals surface area contributed by atoms with Gasteiger partial charge in [0.05, 0.1) is 7.11 Å². The molecule has 4 nitrogen and oxygen atoms in total. The zero-order chi connectivity index (χ0) is 20.1. The van der Waals surface area contributed by atoms with E-state index in [4.69, 9.17) is 4.74 Å². The molecular formula is C25H30N2O2. The van der Waals surface area contributed by atoms with Crippen molar-refractivity contribution in [1.82, 2.24) is 9.88 Å². The van der Waals surface area contributed by atoms with Crippen molar-refractivity contribution in [2.24, 2.45) is 0 Å². The van der Waals surface area contributed by atoms with Crippen LogP contribution >= 0.6 is 0 Å². The lowest BCUT2D eigenvalue weighted by Crippen LogP contribution is -2.33. The summed E-state index contributed by atoms with van der Waals surface area (Å²) in [5.41, 5.74) is 4.57. The number of nitrogens with one attached hydrogen (secondary N) is 1. The molecule has 29 heavy (non-hydrogen) atoms. The molecule has 1 amide bonds. The monoisotopic (exact) mass is 390 g/mol. The molecule has 2 heterocycles. The average molecular weight is 391 g/mol. The molecule has 1 aliphatic rings. The van der Waals surface area contributed by atoms with E-state index < -0.39 is 0 Å². The molecule has 1 saturated heterocycles. The Kier molecular flexibility index (Phi) is 6.18. The van der Waals surface area contributed by atoms with Gasteiger partial charge in [-0.2, -0.15) is 0 Å². The third-order valence-electron chi connectivity index (χ3n) is 5.99. The third-order valence-corrected chi connectivity index (χ3v) is 5.99. The smallest absolute Gasteiger partial charge is 0.222 e. The average Bonchev–Trinajstić information content (AvgIpc) is 3.10. The lowest BCUT2D eigenvalue weighted by Gasteiger charge is -2.25. The lowest BCUT2D eigenvalue weighted by atomic mass is 10.0. The molecule has 0 saturated carbocycles. The van der Waals surface area contributed by atoms with Gasteiger partial charge in [0.15, 0.2) is 0 Å². The molecule has 2 aromatic carbocycles. The molecular weight excluding hydrogens is 360 g/mol. The molecule has 3 aromatic rings. The number of likely N-dealkylation sites (tertiary alicyclic amines) is 1. The van der Waals surface area contributed by atoms with Crippen LogP contribution in [-0.2, 0) is 11.2 Å². The standard InChI is InChI=1S/C25H30N2O2/c1-29-20-13-11-19(12-14-20)25-22(21-9-5-6-10-23(21)26-25)15-16-24(28)27-17-7-3-2-4-8-18-27/h5-6,9-14,26H,2-4,7-8,15-18H2,1H3. The number of aryl methyl sites for hydroxylation is 1. The first-order valence-electron chi connectivity index (χ1n) is 10.8. The van der Waals surface area contributed by atoms with Gasteiger partial charge in [-0.1, -0.05) is 37.5 Å². The van der Waals surface area contributed by atoms with Crippen LogP contribution < -0.4 is 4.74 Å². The number of H-pyrrole nitrogens is 1. The number of amides is 1. The Morgan fingerprint density at radius 1 is 0.966 bits per heavy atom. The molecule has 1 aliphatic heterocycles. The predicted octanol–water partition coefficient (Wildman–Crippen LogP) is 5.57. The summed E-state index contributed by atoms with van der Waals surface area (Å²) < 4.78 is 5.30. The van der Waals surface area contributed by atoms with Crippen LogP contribution in [0.5, 0.6) is 5.75 Å². The van der Waals surface area contributed by atoms with Gasteiger partial charge >= 0.3 is 0 Å². The number of nitrogens with zero attached hydrogens (tertiary/aromatic N) is 1. The topological polar surface area (TPSA) is 45.3 Å². The Hall–Kier alpha value is -2.75. The molecule has 0 spiro atoms. The number of ether oxygens (including phenoxy) is 1. The van der Waals surface area contributed by atoms with Crippen LogP contribution in [0.15, 0.2) is 48.5 Å². The van der Waals surface area contributed by atoms with E-state index in [1.165, 1.54) is 30.2 Å². The highest BCUT2D eigenvalue weighted by molar-refractivity contribution is 5.91. The number of para-hydroxylation sites is 1. The van der Waals surface area contributed by atoms with E-state index in [0.717, 1.165) is 54.9 Å². The zero-order valence-corrected chi connectivity index (χ0v) is 17.2. The number of rotatable bonds is 5. The molecule has 4 heteroatoms. The van der Waals surface area contributed by atoms with Gasteiger partial charge in [-0.3, -0.25) is 4.79 Å². The number of aromatic amines is 1. The Balaban J connectivity index is 1.57. The van der Waals surface area contributed by atoms with Crippen LogP contribution in [0.4, 0.5) is 0 Å².